The molecule has 21 heavy (non-hydrogen) atoms. The Bertz CT molecular complexity index is 878. The summed E-state index contributed by atoms with van der Waals surface area (Å²) in [6.45, 7) is 0. The number of benzene rings is 2. The Morgan fingerprint density at radius 3 is 2.76 bits per heavy atom. The van der Waals surface area contributed by atoms with Crippen molar-refractivity contribution in [1.29, 1.82) is 0 Å². The van der Waals surface area contributed by atoms with E-state index < -0.39 is 0 Å². The van der Waals surface area contributed by atoms with Gasteiger partial charge in [0, 0.05) is 12.5 Å². The first-order valence-corrected chi connectivity index (χ1v) is 6.61. The van der Waals surface area contributed by atoms with Crippen LogP contribution < -0.4 is 10.3 Å². The number of phenols is 1. The van der Waals surface area contributed by atoms with Gasteiger partial charge in [0.15, 0.2) is 0 Å². The average molecular weight is 280 g/mol. The molecular weight excluding hydrogens is 268 g/mol. The van der Waals surface area contributed by atoms with Crippen molar-refractivity contribution in [3.8, 4) is 23.1 Å². The van der Waals surface area contributed by atoms with E-state index in [0.717, 1.165) is 11.3 Å². The number of phenolic OH excluding ortho intramolecular Hbond substituents is 1. The van der Waals surface area contributed by atoms with Crippen LogP contribution in [0.25, 0.3) is 5.69 Å². The molecule has 3 aromatic rings. The summed E-state index contributed by atoms with van der Waals surface area (Å²) < 4.78 is 7.17. The highest BCUT2D eigenvalue weighted by molar-refractivity contribution is 5.50. The maximum atomic E-state index is 12.5. The van der Waals surface area contributed by atoms with Crippen molar-refractivity contribution in [3.63, 3.8) is 0 Å². The maximum absolute atomic E-state index is 12.5. The molecule has 2 heterocycles. The second-order valence-electron chi connectivity index (χ2n) is 4.97. The van der Waals surface area contributed by atoms with Gasteiger partial charge in [0.1, 0.15) is 11.5 Å². The summed E-state index contributed by atoms with van der Waals surface area (Å²) in [5, 5.41) is 12.5. The third-order valence-electron chi connectivity index (χ3n) is 3.59. The third-order valence-corrected chi connectivity index (χ3v) is 3.59. The number of para-hydroxylation sites is 1. The van der Waals surface area contributed by atoms with Gasteiger partial charge >= 0.3 is 0 Å². The monoisotopic (exact) mass is 280 g/mol. The van der Waals surface area contributed by atoms with Gasteiger partial charge in [-0.2, -0.15) is 0 Å². The molecule has 0 spiro atoms. The number of hydrogen-bond donors (Lipinski definition) is 2. The molecular formula is C16H12N2O3. The quantitative estimate of drug-likeness (QED) is 0.563. The number of aromatic hydroxyl groups is 1. The van der Waals surface area contributed by atoms with Crippen molar-refractivity contribution in [2.75, 3.05) is 0 Å². The number of fused-ring (bicyclic) bond motifs is 2. The number of rotatable bonds is 1. The number of ether oxygens (including phenoxy) is 1. The standard InChI is InChI=1S/C16H12N2O3/c19-12-7-6-10-8-13-15(21-14(10)9-12)17-18(16(13)20)11-4-2-1-3-5-11/h1-7,9,17,19H,8H2. The minimum atomic E-state index is -0.116. The Labute approximate surface area is 120 Å². The Morgan fingerprint density at radius 1 is 1.14 bits per heavy atom. The van der Waals surface area contributed by atoms with E-state index >= 15 is 0 Å². The minimum absolute atomic E-state index is 0.116. The van der Waals surface area contributed by atoms with Gasteiger partial charge in [-0.25, -0.2) is 4.68 Å². The molecule has 5 heteroatoms. The fraction of sp³-hybridized carbons (Fsp3) is 0.0625. The molecule has 0 saturated heterocycles. The second-order valence-corrected chi connectivity index (χ2v) is 4.97. The normalized spacial score (nSPS) is 12.4. The lowest BCUT2D eigenvalue weighted by Crippen LogP contribution is -2.18. The van der Waals surface area contributed by atoms with E-state index in [1.807, 2.05) is 30.3 Å². The summed E-state index contributed by atoms with van der Waals surface area (Å²) in [6.07, 6.45) is 0.486. The lowest BCUT2D eigenvalue weighted by atomic mass is 10.0. The lowest BCUT2D eigenvalue weighted by molar-refractivity contribution is 0.427. The van der Waals surface area contributed by atoms with Crippen LogP contribution in [-0.4, -0.2) is 14.9 Å². The van der Waals surface area contributed by atoms with Gasteiger partial charge in [0.25, 0.3) is 5.56 Å². The van der Waals surface area contributed by atoms with Gasteiger partial charge in [-0.1, -0.05) is 24.3 Å². The van der Waals surface area contributed by atoms with Crippen LogP contribution in [0.3, 0.4) is 0 Å². The number of H-pyrrole nitrogens is 1. The van der Waals surface area contributed by atoms with Crippen molar-refractivity contribution in [3.05, 3.63) is 70.0 Å². The van der Waals surface area contributed by atoms with E-state index in [0.29, 0.717) is 23.6 Å². The summed E-state index contributed by atoms with van der Waals surface area (Å²) in [4.78, 5) is 12.5. The van der Waals surface area contributed by atoms with Crippen molar-refractivity contribution in [2.24, 2.45) is 0 Å². The summed E-state index contributed by atoms with van der Waals surface area (Å²) in [5.41, 5.74) is 2.12. The van der Waals surface area contributed by atoms with Crippen LogP contribution in [0.2, 0.25) is 0 Å². The molecule has 0 saturated carbocycles. The van der Waals surface area contributed by atoms with Crippen LogP contribution in [0.4, 0.5) is 0 Å². The van der Waals surface area contributed by atoms with E-state index in [4.69, 9.17) is 4.74 Å². The Hall–Kier alpha value is -2.95. The number of nitrogens with one attached hydrogen (secondary N) is 1. The molecule has 1 aliphatic rings. The topological polar surface area (TPSA) is 67.2 Å². The Kier molecular flexibility index (Phi) is 2.41. The van der Waals surface area contributed by atoms with Gasteiger partial charge in [0.05, 0.1) is 11.3 Å². The molecule has 0 atom stereocenters. The van der Waals surface area contributed by atoms with Crippen molar-refractivity contribution < 1.29 is 9.84 Å². The second kappa shape index (κ2) is 4.28. The molecule has 2 N–H and O–H groups in total. The van der Waals surface area contributed by atoms with E-state index in [9.17, 15) is 9.90 Å². The molecule has 1 aromatic heterocycles. The van der Waals surface area contributed by atoms with E-state index in [-0.39, 0.29) is 11.3 Å². The number of hydrogen-bond acceptors (Lipinski definition) is 3. The molecule has 4 rings (SSSR count). The first-order valence-electron chi connectivity index (χ1n) is 6.61. The molecule has 0 aliphatic carbocycles. The van der Waals surface area contributed by atoms with E-state index in [1.165, 1.54) is 4.68 Å². The summed E-state index contributed by atoms with van der Waals surface area (Å²) in [6, 6.07) is 14.3. The van der Waals surface area contributed by atoms with Crippen LogP contribution in [-0.2, 0) is 6.42 Å². The molecule has 5 nitrogen and oxygen atoms in total. The van der Waals surface area contributed by atoms with Gasteiger partial charge in [-0.3, -0.25) is 9.89 Å². The Balaban J connectivity index is 1.84. The fourth-order valence-electron chi connectivity index (χ4n) is 2.54. The van der Waals surface area contributed by atoms with Crippen molar-refractivity contribution >= 4 is 0 Å². The van der Waals surface area contributed by atoms with Gasteiger partial charge in [-0.15, -0.1) is 0 Å². The highest BCUT2D eigenvalue weighted by atomic mass is 16.5. The highest BCUT2D eigenvalue weighted by Crippen LogP contribution is 2.35. The SMILES string of the molecule is O=c1c2c([nH]n1-c1ccccc1)Oc1cc(O)ccc1C2. The Morgan fingerprint density at radius 2 is 1.95 bits per heavy atom. The largest absolute Gasteiger partial charge is 0.508 e. The summed E-state index contributed by atoms with van der Waals surface area (Å²) in [7, 11) is 0. The molecule has 1 aliphatic heterocycles. The van der Waals surface area contributed by atoms with Crippen LogP contribution >= 0.6 is 0 Å². The average Bonchev–Trinajstić information content (AvgIpc) is 2.82. The van der Waals surface area contributed by atoms with Gasteiger partial charge < -0.3 is 9.84 Å². The summed E-state index contributed by atoms with van der Waals surface area (Å²) in [5.74, 6) is 1.15. The van der Waals surface area contributed by atoms with Gasteiger partial charge in [0.2, 0.25) is 5.88 Å². The number of aromatic amines is 1. The first-order chi connectivity index (χ1) is 10.2. The molecule has 104 valence electrons. The third kappa shape index (κ3) is 1.82. The van der Waals surface area contributed by atoms with E-state index in [2.05, 4.69) is 5.10 Å². The zero-order valence-electron chi connectivity index (χ0n) is 11.0. The van der Waals surface area contributed by atoms with Crippen LogP contribution in [0.15, 0.2) is 53.3 Å². The lowest BCUT2D eigenvalue weighted by Gasteiger charge is -2.15. The smallest absolute Gasteiger partial charge is 0.278 e. The van der Waals surface area contributed by atoms with Crippen LogP contribution in [0.5, 0.6) is 17.4 Å². The maximum Gasteiger partial charge on any atom is 0.278 e. The van der Waals surface area contributed by atoms with E-state index in [1.54, 1.807) is 18.2 Å². The number of nitrogens with zero attached hydrogens (tertiary/aromatic N) is 1. The van der Waals surface area contributed by atoms with Crippen LogP contribution in [0.1, 0.15) is 11.1 Å². The first kappa shape index (κ1) is 11.8. The molecule has 0 fully saturated rings. The van der Waals surface area contributed by atoms with Crippen LogP contribution in [0, 0.1) is 0 Å². The predicted octanol–water partition coefficient (Wildman–Crippen LogP) is 2.57. The van der Waals surface area contributed by atoms with Crippen molar-refractivity contribution in [2.45, 2.75) is 6.42 Å². The fourth-order valence-corrected chi connectivity index (χ4v) is 2.54. The zero-order chi connectivity index (χ0) is 14.4. The molecule has 0 radical (unpaired) electrons. The minimum Gasteiger partial charge on any atom is -0.508 e. The molecule has 0 unspecified atom stereocenters. The molecule has 2 aromatic carbocycles. The molecule has 0 bridgehead atoms. The molecule has 0 amide bonds. The predicted molar refractivity (Wildman–Crippen MR) is 77.4 cm³/mol. The number of aromatic nitrogens is 2. The summed E-state index contributed by atoms with van der Waals surface area (Å²) >= 11 is 0. The van der Waals surface area contributed by atoms with Gasteiger partial charge in [-0.05, 0) is 23.8 Å². The zero-order valence-corrected chi connectivity index (χ0v) is 11.0. The highest BCUT2D eigenvalue weighted by Gasteiger charge is 2.24. The van der Waals surface area contributed by atoms with Crippen molar-refractivity contribution in [1.82, 2.24) is 9.78 Å².